The second-order valence-electron chi connectivity index (χ2n) is 10.4. The predicted molar refractivity (Wildman–Crippen MR) is 158 cm³/mol. The second-order valence-corrected chi connectivity index (χ2v) is 10.4. The SMILES string of the molecule is COc1ccc(C(c2nc3ccccc3[nH]2)N(C(=O)c2c(C)cc(C)cc2C)C(C)C)cc1-c1ccccc1. The molecule has 0 aliphatic heterocycles. The van der Waals surface area contributed by atoms with E-state index in [0.29, 0.717) is 0 Å². The molecule has 1 heterocycles. The van der Waals surface area contributed by atoms with E-state index in [-0.39, 0.29) is 11.9 Å². The molecule has 5 nitrogen and oxygen atoms in total. The molecule has 5 rings (SSSR count). The number of aryl methyl sites for hydroxylation is 3. The lowest BCUT2D eigenvalue weighted by molar-refractivity contribution is 0.0635. The van der Waals surface area contributed by atoms with Crippen molar-refractivity contribution in [1.29, 1.82) is 0 Å². The van der Waals surface area contributed by atoms with Crippen molar-refractivity contribution in [3.8, 4) is 16.9 Å². The Labute approximate surface area is 230 Å². The van der Waals surface area contributed by atoms with Gasteiger partial charge in [-0.15, -0.1) is 0 Å². The number of H-pyrrole nitrogens is 1. The van der Waals surface area contributed by atoms with Gasteiger partial charge in [-0.25, -0.2) is 4.98 Å². The van der Waals surface area contributed by atoms with E-state index in [0.717, 1.165) is 61.6 Å². The zero-order valence-corrected chi connectivity index (χ0v) is 23.4. The number of aromatic nitrogens is 2. The Morgan fingerprint density at radius 2 is 1.54 bits per heavy atom. The van der Waals surface area contributed by atoms with Crippen LogP contribution in [-0.4, -0.2) is 33.9 Å². The number of benzene rings is 4. The number of nitrogens with zero attached hydrogens (tertiary/aromatic N) is 2. The number of carbonyl (C=O) groups excluding carboxylic acids is 1. The third-order valence-corrected chi connectivity index (χ3v) is 7.25. The summed E-state index contributed by atoms with van der Waals surface area (Å²) in [5.41, 5.74) is 8.63. The summed E-state index contributed by atoms with van der Waals surface area (Å²) in [6.07, 6.45) is 0. The summed E-state index contributed by atoms with van der Waals surface area (Å²) in [4.78, 5) is 25.0. The molecule has 1 aromatic heterocycles. The highest BCUT2D eigenvalue weighted by atomic mass is 16.5. The average Bonchev–Trinajstić information content (AvgIpc) is 3.34. The maximum atomic E-state index is 14.5. The minimum Gasteiger partial charge on any atom is -0.496 e. The summed E-state index contributed by atoms with van der Waals surface area (Å²) in [5, 5.41) is 0. The molecule has 0 bridgehead atoms. The van der Waals surface area contributed by atoms with Crippen molar-refractivity contribution in [2.24, 2.45) is 0 Å². The molecule has 0 aliphatic rings. The van der Waals surface area contributed by atoms with Crippen LogP contribution in [0, 0.1) is 20.8 Å². The number of hydrogen-bond donors (Lipinski definition) is 1. The number of imidazole rings is 1. The van der Waals surface area contributed by atoms with Gasteiger partial charge in [0.25, 0.3) is 5.91 Å². The molecule has 5 aromatic rings. The van der Waals surface area contributed by atoms with Gasteiger partial charge in [-0.05, 0) is 81.1 Å². The maximum Gasteiger partial charge on any atom is 0.255 e. The fourth-order valence-electron chi connectivity index (χ4n) is 5.59. The summed E-state index contributed by atoms with van der Waals surface area (Å²) in [6, 6.07) is 27.9. The Morgan fingerprint density at radius 3 is 2.18 bits per heavy atom. The van der Waals surface area contributed by atoms with Crippen molar-refractivity contribution in [2.45, 2.75) is 46.7 Å². The van der Waals surface area contributed by atoms with E-state index in [9.17, 15) is 4.79 Å². The molecule has 0 fully saturated rings. The number of aromatic amines is 1. The molecule has 5 heteroatoms. The summed E-state index contributed by atoms with van der Waals surface area (Å²) < 4.78 is 5.75. The van der Waals surface area contributed by atoms with Gasteiger partial charge in [0, 0.05) is 17.2 Å². The molecule has 198 valence electrons. The fourth-order valence-corrected chi connectivity index (χ4v) is 5.59. The first-order valence-corrected chi connectivity index (χ1v) is 13.4. The smallest absolute Gasteiger partial charge is 0.255 e. The lowest BCUT2D eigenvalue weighted by Crippen LogP contribution is -2.41. The Hall–Kier alpha value is -4.38. The number of para-hydroxylation sites is 2. The minimum absolute atomic E-state index is 0.0115. The molecule has 0 aliphatic carbocycles. The van der Waals surface area contributed by atoms with Gasteiger partial charge in [-0.2, -0.15) is 0 Å². The van der Waals surface area contributed by atoms with E-state index >= 15 is 0 Å². The van der Waals surface area contributed by atoms with Gasteiger partial charge in [-0.1, -0.05) is 66.2 Å². The monoisotopic (exact) mass is 517 g/mol. The molecule has 0 saturated heterocycles. The van der Waals surface area contributed by atoms with Gasteiger partial charge in [0.05, 0.1) is 18.1 Å². The van der Waals surface area contributed by atoms with Crippen LogP contribution in [-0.2, 0) is 0 Å². The van der Waals surface area contributed by atoms with Crippen LogP contribution in [0.5, 0.6) is 5.75 Å². The molecule has 39 heavy (non-hydrogen) atoms. The van der Waals surface area contributed by atoms with Crippen LogP contribution in [0.15, 0.2) is 84.9 Å². The molecular formula is C34H35N3O2. The number of carbonyl (C=O) groups is 1. The first-order chi connectivity index (χ1) is 18.8. The molecular weight excluding hydrogens is 482 g/mol. The first-order valence-electron chi connectivity index (χ1n) is 13.4. The molecule has 4 aromatic carbocycles. The topological polar surface area (TPSA) is 58.2 Å². The number of ether oxygens (including phenoxy) is 1. The molecule has 1 N–H and O–H groups in total. The van der Waals surface area contributed by atoms with Crippen molar-refractivity contribution >= 4 is 16.9 Å². The largest absolute Gasteiger partial charge is 0.496 e. The third-order valence-electron chi connectivity index (χ3n) is 7.25. The Bertz CT molecular complexity index is 1580. The quantitative estimate of drug-likeness (QED) is 0.240. The third kappa shape index (κ3) is 5.05. The van der Waals surface area contributed by atoms with Gasteiger partial charge in [-0.3, -0.25) is 4.79 Å². The highest BCUT2D eigenvalue weighted by molar-refractivity contribution is 5.98. The number of rotatable bonds is 7. The van der Waals surface area contributed by atoms with E-state index < -0.39 is 6.04 Å². The van der Waals surface area contributed by atoms with Gasteiger partial charge in [0.15, 0.2) is 0 Å². The molecule has 1 unspecified atom stereocenters. The number of fused-ring (bicyclic) bond motifs is 1. The maximum absolute atomic E-state index is 14.5. The Kier molecular flexibility index (Phi) is 7.25. The average molecular weight is 518 g/mol. The van der Waals surface area contributed by atoms with Crippen LogP contribution in [0.1, 0.15) is 58.3 Å². The first kappa shape index (κ1) is 26.2. The van der Waals surface area contributed by atoms with Crippen molar-refractivity contribution < 1.29 is 9.53 Å². The van der Waals surface area contributed by atoms with Gasteiger partial charge >= 0.3 is 0 Å². The zero-order chi connectivity index (χ0) is 27.7. The Morgan fingerprint density at radius 1 is 0.872 bits per heavy atom. The summed E-state index contributed by atoms with van der Waals surface area (Å²) in [5.74, 6) is 1.49. The van der Waals surface area contributed by atoms with Crippen LogP contribution >= 0.6 is 0 Å². The molecule has 0 spiro atoms. The van der Waals surface area contributed by atoms with E-state index in [1.165, 1.54) is 0 Å². The lowest BCUT2D eigenvalue weighted by Gasteiger charge is -2.35. The summed E-state index contributed by atoms with van der Waals surface area (Å²) in [6.45, 7) is 10.2. The molecule has 1 atom stereocenters. The standard InChI is InChI=1S/C34H35N3O2/c1-21(2)37(34(38)31-23(4)18-22(3)19-24(31)5)32(33-35-28-14-10-11-15-29(28)36-33)26-16-17-30(39-6)27(20-26)25-12-8-7-9-13-25/h7-21,32H,1-6H3,(H,35,36). The predicted octanol–water partition coefficient (Wildman–Crippen LogP) is 7.80. The van der Waals surface area contributed by atoms with Crippen molar-refractivity contribution in [2.75, 3.05) is 7.11 Å². The number of amides is 1. The highest BCUT2D eigenvalue weighted by Crippen LogP contribution is 2.38. The fraction of sp³-hybridized carbons (Fsp3) is 0.235. The van der Waals surface area contributed by atoms with Crippen molar-refractivity contribution in [3.63, 3.8) is 0 Å². The normalized spacial score (nSPS) is 12.1. The number of hydrogen-bond acceptors (Lipinski definition) is 3. The molecule has 1 amide bonds. The van der Waals surface area contributed by atoms with E-state index in [1.54, 1.807) is 7.11 Å². The van der Waals surface area contributed by atoms with Crippen molar-refractivity contribution in [3.05, 3.63) is 119 Å². The van der Waals surface area contributed by atoms with Gasteiger partial charge < -0.3 is 14.6 Å². The van der Waals surface area contributed by atoms with Crippen LogP contribution in [0.4, 0.5) is 0 Å². The van der Waals surface area contributed by atoms with Crippen LogP contribution < -0.4 is 4.74 Å². The van der Waals surface area contributed by atoms with Gasteiger partial charge in [0.1, 0.15) is 17.6 Å². The highest BCUT2D eigenvalue weighted by Gasteiger charge is 2.34. The van der Waals surface area contributed by atoms with Crippen LogP contribution in [0.3, 0.4) is 0 Å². The Balaban J connectivity index is 1.74. The molecule has 0 radical (unpaired) electrons. The second kappa shape index (κ2) is 10.8. The zero-order valence-electron chi connectivity index (χ0n) is 23.4. The van der Waals surface area contributed by atoms with E-state index in [2.05, 4.69) is 56.1 Å². The summed E-state index contributed by atoms with van der Waals surface area (Å²) in [7, 11) is 1.69. The molecule has 0 saturated carbocycles. The van der Waals surface area contributed by atoms with Crippen molar-refractivity contribution in [1.82, 2.24) is 14.9 Å². The summed E-state index contributed by atoms with van der Waals surface area (Å²) >= 11 is 0. The number of nitrogens with one attached hydrogen (secondary N) is 1. The van der Waals surface area contributed by atoms with Gasteiger partial charge in [0.2, 0.25) is 0 Å². The lowest BCUT2D eigenvalue weighted by atomic mass is 9.94. The van der Waals surface area contributed by atoms with E-state index in [4.69, 9.17) is 9.72 Å². The minimum atomic E-state index is -0.446. The van der Waals surface area contributed by atoms with E-state index in [1.807, 2.05) is 73.3 Å². The van der Waals surface area contributed by atoms with Crippen LogP contribution in [0.2, 0.25) is 0 Å². The van der Waals surface area contributed by atoms with Crippen LogP contribution in [0.25, 0.3) is 22.2 Å². The number of methoxy groups -OCH3 is 1.